The Morgan fingerprint density at radius 1 is 1.26 bits per heavy atom. The third kappa shape index (κ3) is 4.19. The van der Waals surface area contributed by atoms with Gasteiger partial charge in [-0.1, -0.05) is 27.7 Å². The van der Waals surface area contributed by atoms with Gasteiger partial charge in [0.1, 0.15) is 0 Å². The standard InChI is InChI=1S/C17H34N2/c1-5-19(13-15-7-6-10-18-12-15)16-8-9-17(3,4)11-14(16)2/h14-16,18H,5-13H2,1-4H3. The molecule has 2 fully saturated rings. The van der Waals surface area contributed by atoms with E-state index in [4.69, 9.17) is 0 Å². The molecule has 2 rings (SSSR count). The summed E-state index contributed by atoms with van der Waals surface area (Å²) < 4.78 is 0. The molecule has 3 unspecified atom stereocenters. The summed E-state index contributed by atoms with van der Waals surface area (Å²) in [5.41, 5.74) is 0.571. The molecule has 0 bridgehead atoms. The average Bonchev–Trinajstić information content (AvgIpc) is 2.37. The van der Waals surface area contributed by atoms with Crippen molar-refractivity contribution in [1.82, 2.24) is 10.2 Å². The van der Waals surface area contributed by atoms with E-state index in [0.29, 0.717) is 5.41 Å². The Labute approximate surface area is 120 Å². The SMILES string of the molecule is CCN(CC1CCCNC1)C1CCC(C)(C)CC1C. The van der Waals surface area contributed by atoms with Gasteiger partial charge in [-0.15, -0.1) is 0 Å². The molecular formula is C17H34N2. The summed E-state index contributed by atoms with van der Waals surface area (Å²) in [6.45, 7) is 14.7. The van der Waals surface area contributed by atoms with Gasteiger partial charge < -0.3 is 10.2 Å². The highest BCUT2D eigenvalue weighted by Crippen LogP contribution is 2.40. The summed E-state index contributed by atoms with van der Waals surface area (Å²) in [7, 11) is 0. The molecule has 1 saturated carbocycles. The molecule has 0 aromatic carbocycles. The van der Waals surface area contributed by atoms with Gasteiger partial charge in [-0.3, -0.25) is 0 Å². The maximum absolute atomic E-state index is 3.56. The summed E-state index contributed by atoms with van der Waals surface area (Å²) in [4.78, 5) is 2.79. The van der Waals surface area contributed by atoms with Crippen molar-refractivity contribution in [1.29, 1.82) is 0 Å². The molecule has 1 aliphatic heterocycles. The molecule has 112 valence electrons. The topological polar surface area (TPSA) is 15.3 Å². The van der Waals surface area contributed by atoms with Gasteiger partial charge in [-0.2, -0.15) is 0 Å². The van der Waals surface area contributed by atoms with E-state index in [2.05, 4.69) is 37.9 Å². The highest BCUT2D eigenvalue weighted by molar-refractivity contribution is 4.89. The summed E-state index contributed by atoms with van der Waals surface area (Å²) >= 11 is 0. The largest absolute Gasteiger partial charge is 0.316 e. The van der Waals surface area contributed by atoms with Crippen molar-refractivity contribution >= 4 is 0 Å². The number of nitrogens with one attached hydrogen (secondary N) is 1. The smallest absolute Gasteiger partial charge is 0.0121 e. The lowest BCUT2D eigenvalue weighted by molar-refractivity contribution is 0.0505. The molecule has 1 saturated heterocycles. The van der Waals surface area contributed by atoms with Crippen molar-refractivity contribution in [2.75, 3.05) is 26.2 Å². The Morgan fingerprint density at radius 3 is 2.63 bits per heavy atom. The first kappa shape index (κ1) is 15.3. The number of hydrogen-bond donors (Lipinski definition) is 1. The highest BCUT2D eigenvalue weighted by atomic mass is 15.2. The van der Waals surface area contributed by atoms with Gasteiger partial charge in [-0.05, 0) is 69.0 Å². The van der Waals surface area contributed by atoms with E-state index in [1.807, 2.05) is 0 Å². The fourth-order valence-corrected chi connectivity index (χ4v) is 4.39. The number of piperidine rings is 1. The Morgan fingerprint density at radius 2 is 2.05 bits per heavy atom. The average molecular weight is 266 g/mol. The maximum atomic E-state index is 3.56. The minimum atomic E-state index is 0.571. The zero-order chi connectivity index (χ0) is 13.9. The molecule has 1 heterocycles. The summed E-state index contributed by atoms with van der Waals surface area (Å²) in [5, 5.41) is 3.56. The van der Waals surface area contributed by atoms with Crippen LogP contribution in [0.4, 0.5) is 0 Å². The molecule has 0 aromatic rings. The van der Waals surface area contributed by atoms with Crippen molar-refractivity contribution in [3.63, 3.8) is 0 Å². The Balaban J connectivity index is 1.89. The van der Waals surface area contributed by atoms with Crippen molar-refractivity contribution < 1.29 is 0 Å². The first-order valence-electron chi connectivity index (χ1n) is 8.46. The van der Waals surface area contributed by atoms with Gasteiger partial charge >= 0.3 is 0 Å². The third-order valence-electron chi connectivity index (χ3n) is 5.42. The molecule has 19 heavy (non-hydrogen) atoms. The number of nitrogens with zero attached hydrogens (tertiary/aromatic N) is 1. The quantitative estimate of drug-likeness (QED) is 0.837. The van der Waals surface area contributed by atoms with Crippen LogP contribution in [0.15, 0.2) is 0 Å². The van der Waals surface area contributed by atoms with Crippen molar-refractivity contribution in [3.05, 3.63) is 0 Å². The van der Waals surface area contributed by atoms with Crippen LogP contribution < -0.4 is 5.32 Å². The first-order valence-corrected chi connectivity index (χ1v) is 8.46. The van der Waals surface area contributed by atoms with Gasteiger partial charge in [0.05, 0.1) is 0 Å². The second-order valence-corrected chi connectivity index (χ2v) is 7.75. The molecule has 2 aliphatic rings. The fraction of sp³-hybridized carbons (Fsp3) is 1.00. The first-order chi connectivity index (χ1) is 9.02. The van der Waals surface area contributed by atoms with Crippen LogP contribution in [0.3, 0.4) is 0 Å². The Kier molecular flexibility index (Phi) is 5.30. The van der Waals surface area contributed by atoms with Crippen molar-refractivity contribution in [3.8, 4) is 0 Å². The monoisotopic (exact) mass is 266 g/mol. The van der Waals surface area contributed by atoms with E-state index < -0.39 is 0 Å². The number of rotatable bonds is 4. The van der Waals surface area contributed by atoms with E-state index in [-0.39, 0.29) is 0 Å². The van der Waals surface area contributed by atoms with Gasteiger partial charge in [-0.25, -0.2) is 0 Å². The Hall–Kier alpha value is -0.0800. The molecular weight excluding hydrogens is 232 g/mol. The minimum Gasteiger partial charge on any atom is -0.316 e. The Bertz CT molecular complexity index is 268. The van der Waals surface area contributed by atoms with Crippen LogP contribution in [-0.2, 0) is 0 Å². The van der Waals surface area contributed by atoms with E-state index in [0.717, 1.165) is 17.9 Å². The molecule has 3 atom stereocenters. The lowest BCUT2D eigenvalue weighted by atomic mass is 9.70. The van der Waals surface area contributed by atoms with Gasteiger partial charge in [0, 0.05) is 12.6 Å². The third-order valence-corrected chi connectivity index (χ3v) is 5.42. The molecule has 2 nitrogen and oxygen atoms in total. The van der Waals surface area contributed by atoms with Crippen molar-refractivity contribution in [2.45, 2.75) is 65.8 Å². The predicted octanol–water partition coefficient (Wildman–Crippen LogP) is 3.52. The molecule has 1 N–H and O–H groups in total. The van der Waals surface area contributed by atoms with E-state index in [1.165, 1.54) is 58.3 Å². The second-order valence-electron chi connectivity index (χ2n) is 7.75. The predicted molar refractivity (Wildman–Crippen MR) is 83.4 cm³/mol. The summed E-state index contributed by atoms with van der Waals surface area (Å²) in [6.07, 6.45) is 7.01. The van der Waals surface area contributed by atoms with Crippen LogP contribution >= 0.6 is 0 Å². The molecule has 0 aromatic heterocycles. The molecule has 1 aliphatic carbocycles. The van der Waals surface area contributed by atoms with E-state index >= 15 is 0 Å². The van der Waals surface area contributed by atoms with Gasteiger partial charge in [0.15, 0.2) is 0 Å². The van der Waals surface area contributed by atoms with Gasteiger partial charge in [0.25, 0.3) is 0 Å². The molecule has 2 heteroatoms. The fourth-order valence-electron chi connectivity index (χ4n) is 4.39. The zero-order valence-corrected chi connectivity index (χ0v) is 13.5. The van der Waals surface area contributed by atoms with Crippen LogP contribution in [0, 0.1) is 17.3 Å². The second kappa shape index (κ2) is 6.58. The number of hydrogen-bond acceptors (Lipinski definition) is 2. The summed E-state index contributed by atoms with van der Waals surface area (Å²) in [5.74, 6) is 1.75. The maximum Gasteiger partial charge on any atom is 0.0121 e. The zero-order valence-electron chi connectivity index (χ0n) is 13.5. The minimum absolute atomic E-state index is 0.571. The normalized spacial score (nSPS) is 35.5. The van der Waals surface area contributed by atoms with Crippen LogP contribution in [0.5, 0.6) is 0 Å². The lowest BCUT2D eigenvalue weighted by Crippen LogP contribution is -2.48. The van der Waals surface area contributed by atoms with Crippen LogP contribution in [0.25, 0.3) is 0 Å². The molecule has 0 amide bonds. The van der Waals surface area contributed by atoms with E-state index in [9.17, 15) is 0 Å². The van der Waals surface area contributed by atoms with E-state index in [1.54, 1.807) is 0 Å². The molecule has 0 radical (unpaired) electrons. The summed E-state index contributed by atoms with van der Waals surface area (Å²) in [6, 6.07) is 0.833. The highest BCUT2D eigenvalue weighted by Gasteiger charge is 2.35. The van der Waals surface area contributed by atoms with Gasteiger partial charge in [0.2, 0.25) is 0 Å². The van der Waals surface area contributed by atoms with Crippen LogP contribution in [0.1, 0.15) is 59.8 Å². The van der Waals surface area contributed by atoms with Crippen LogP contribution in [0.2, 0.25) is 0 Å². The lowest BCUT2D eigenvalue weighted by Gasteiger charge is -2.45. The van der Waals surface area contributed by atoms with Crippen LogP contribution in [-0.4, -0.2) is 37.1 Å². The van der Waals surface area contributed by atoms with Crippen molar-refractivity contribution in [2.24, 2.45) is 17.3 Å². The molecule has 0 spiro atoms.